The number of thiophene rings is 1. The third-order valence-corrected chi connectivity index (χ3v) is 5.05. The molecule has 2 aromatic carbocycles. The van der Waals surface area contributed by atoms with Gasteiger partial charge >= 0.3 is 5.97 Å². The molecule has 3 aromatic rings. The van der Waals surface area contributed by atoms with E-state index in [9.17, 15) is 4.79 Å². The fourth-order valence-electron chi connectivity index (χ4n) is 2.18. The van der Waals surface area contributed by atoms with E-state index in [0.29, 0.717) is 4.88 Å². The highest BCUT2D eigenvalue weighted by Crippen LogP contribution is 2.30. The van der Waals surface area contributed by atoms with Gasteiger partial charge in [0.05, 0.1) is 0 Å². The number of hydrogen-bond donors (Lipinski definition) is 0. The highest BCUT2D eigenvalue weighted by atomic mass is 79.9. The fourth-order valence-corrected chi connectivity index (χ4v) is 3.60. The topological polar surface area (TPSA) is 26.3 Å². The van der Waals surface area contributed by atoms with Crippen LogP contribution in [-0.2, 0) is 4.74 Å². The van der Waals surface area contributed by atoms with Crippen LogP contribution in [0, 0.1) is 0 Å². The summed E-state index contributed by atoms with van der Waals surface area (Å²) in [5, 5.41) is 1.86. The minimum absolute atomic E-state index is 0.320. The van der Waals surface area contributed by atoms with Crippen molar-refractivity contribution in [1.29, 1.82) is 0 Å². The van der Waals surface area contributed by atoms with Gasteiger partial charge in [-0.1, -0.05) is 60.7 Å². The molecule has 0 bridgehead atoms. The minimum atomic E-state index is -0.413. The molecular weight excluding hydrogens is 360 g/mol. The zero-order chi connectivity index (χ0) is 15.4. The second-order valence-electron chi connectivity index (χ2n) is 4.70. The predicted molar refractivity (Wildman–Crippen MR) is 92.2 cm³/mol. The zero-order valence-electron chi connectivity index (χ0n) is 11.6. The lowest BCUT2D eigenvalue weighted by Crippen LogP contribution is -2.12. The number of carbonyl (C=O) groups excluding carboxylic acids is 1. The van der Waals surface area contributed by atoms with Gasteiger partial charge in [0.1, 0.15) is 4.88 Å². The Bertz CT molecular complexity index is 714. The molecular formula is C18H13BrO2S. The van der Waals surface area contributed by atoms with Gasteiger partial charge in [-0.05, 0) is 38.5 Å². The third kappa shape index (κ3) is 3.29. The average molecular weight is 373 g/mol. The van der Waals surface area contributed by atoms with Crippen LogP contribution in [0.15, 0.2) is 76.6 Å². The Balaban J connectivity index is 1.93. The van der Waals surface area contributed by atoms with Crippen LogP contribution >= 0.6 is 27.3 Å². The first-order valence-electron chi connectivity index (χ1n) is 6.79. The monoisotopic (exact) mass is 372 g/mol. The van der Waals surface area contributed by atoms with Crippen LogP contribution in [0.25, 0.3) is 0 Å². The van der Waals surface area contributed by atoms with E-state index in [-0.39, 0.29) is 5.97 Å². The van der Waals surface area contributed by atoms with E-state index in [4.69, 9.17) is 4.74 Å². The summed E-state index contributed by atoms with van der Waals surface area (Å²) < 4.78 is 6.56. The van der Waals surface area contributed by atoms with Gasteiger partial charge < -0.3 is 4.74 Å². The summed E-state index contributed by atoms with van der Waals surface area (Å²) in [4.78, 5) is 13.0. The van der Waals surface area contributed by atoms with E-state index < -0.39 is 6.10 Å². The van der Waals surface area contributed by atoms with Gasteiger partial charge in [-0.25, -0.2) is 4.79 Å². The van der Waals surface area contributed by atoms with E-state index in [1.165, 1.54) is 11.3 Å². The van der Waals surface area contributed by atoms with Gasteiger partial charge in [-0.2, -0.15) is 0 Å². The van der Waals surface area contributed by atoms with E-state index in [0.717, 1.165) is 15.6 Å². The zero-order valence-corrected chi connectivity index (χ0v) is 14.0. The molecule has 3 rings (SSSR count). The second-order valence-corrected chi connectivity index (χ2v) is 6.47. The van der Waals surface area contributed by atoms with Crippen molar-refractivity contribution in [2.75, 3.05) is 0 Å². The quantitative estimate of drug-likeness (QED) is 0.568. The molecule has 0 saturated heterocycles. The number of carbonyl (C=O) groups is 1. The first-order chi connectivity index (χ1) is 10.8. The first kappa shape index (κ1) is 15.0. The van der Waals surface area contributed by atoms with Crippen LogP contribution < -0.4 is 0 Å². The van der Waals surface area contributed by atoms with Crippen LogP contribution in [-0.4, -0.2) is 5.97 Å². The standard InChI is InChI=1S/C18H13BrO2S/c19-15-11-12-22-17(15)18(20)21-16(13-7-3-1-4-8-13)14-9-5-2-6-10-14/h1-12,16H. The summed E-state index contributed by atoms with van der Waals surface area (Å²) in [7, 11) is 0. The lowest BCUT2D eigenvalue weighted by molar-refractivity contribution is 0.0383. The van der Waals surface area contributed by atoms with E-state index in [2.05, 4.69) is 15.9 Å². The molecule has 0 unspecified atom stereocenters. The molecule has 0 spiro atoms. The number of halogens is 1. The highest BCUT2D eigenvalue weighted by molar-refractivity contribution is 9.10. The van der Waals surface area contributed by atoms with Crippen LogP contribution in [0.5, 0.6) is 0 Å². The molecule has 0 aliphatic heterocycles. The van der Waals surface area contributed by atoms with Crippen molar-refractivity contribution in [1.82, 2.24) is 0 Å². The molecule has 0 radical (unpaired) electrons. The van der Waals surface area contributed by atoms with Crippen molar-refractivity contribution >= 4 is 33.2 Å². The van der Waals surface area contributed by atoms with Crippen molar-refractivity contribution < 1.29 is 9.53 Å². The normalized spacial score (nSPS) is 10.6. The second kappa shape index (κ2) is 6.90. The molecule has 0 aliphatic rings. The Morgan fingerprint density at radius 2 is 1.45 bits per heavy atom. The van der Waals surface area contributed by atoms with Crippen molar-refractivity contribution in [3.8, 4) is 0 Å². The molecule has 4 heteroatoms. The molecule has 110 valence electrons. The van der Waals surface area contributed by atoms with Gasteiger partial charge in [-0.15, -0.1) is 11.3 Å². The lowest BCUT2D eigenvalue weighted by atomic mass is 10.0. The number of benzene rings is 2. The molecule has 0 atom stereocenters. The Labute approximate surface area is 141 Å². The van der Waals surface area contributed by atoms with E-state index in [1.54, 1.807) is 0 Å². The SMILES string of the molecule is O=C(OC(c1ccccc1)c1ccccc1)c1sccc1Br. The molecule has 0 N–H and O–H groups in total. The summed E-state index contributed by atoms with van der Waals surface area (Å²) in [6.45, 7) is 0. The molecule has 1 heterocycles. The summed E-state index contributed by atoms with van der Waals surface area (Å²) in [6, 6.07) is 21.4. The minimum Gasteiger partial charge on any atom is -0.448 e. The molecule has 0 aliphatic carbocycles. The Hall–Kier alpha value is -1.91. The Morgan fingerprint density at radius 3 is 1.91 bits per heavy atom. The predicted octanol–water partition coefficient (Wildman–Crippen LogP) is 5.46. The summed E-state index contributed by atoms with van der Waals surface area (Å²) in [6.07, 6.45) is -0.413. The van der Waals surface area contributed by atoms with Gasteiger partial charge in [-0.3, -0.25) is 0 Å². The molecule has 0 fully saturated rings. The molecule has 0 amide bonds. The number of rotatable bonds is 4. The number of ether oxygens (including phenoxy) is 1. The molecule has 22 heavy (non-hydrogen) atoms. The lowest BCUT2D eigenvalue weighted by Gasteiger charge is -2.18. The van der Waals surface area contributed by atoms with E-state index in [1.807, 2.05) is 72.1 Å². The third-order valence-electron chi connectivity index (χ3n) is 3.23. The van der Waals surface area contributed by atoms with Crippen LogP contribution in [0.2, 0.25) is 0 Å². The van der Waals surface area contributed by atoms with Gasteiger partial charge in [0, 0.05) is 4.47 Å². The summed E-state index contributed by atoms with van der Waals surface area (Å²) in [5.41, 5.74) is 1.91. The van der Waals surface area contributed by atoms with Crippen molar-refractivity contribution in [2.24, 2.45) is 0 Å². The summed E-state index contributed by atoms with van der Waals surface area (Å²) in [5.74, 6) is -0.320. The average Bonchev–Trinajstić information content (AvgIpc) is 3.00. The maximum absolute atomic E-state index is 12.4. The maximum Gasteiger partial charge on any atom is 0.350 e. The van der Waals surface area contributed by atoms with Gasteiger partial charge in [0.15, 0.2) is 6.10 Å². The van der Waals surface area contributed by atoms with Crippen LogP contribution in [0.4, 0.5) is 0 Å². The van der Waals surface area contributed by atoms with Crippen LogP contribution in [0.1, 0.15) is 26.9 Å². The van der Waals surface area contributed by atoms with Crippen molar-refractivity contribution in [2.45, 2.75) is 6.10 Å². The number of esters is 1. The van der Waals surface area contributed by atoms with Gasteiger partial charge in [0.25, 0.3) is 0 Å². The van der Waals surface area contributed by atoms with Crippen molar-refractivity contribution in [3.63, 3.8) is 0 Å². The smallest absolute Gasteiger partial charge is 0.350 e. The molecule has 2 nitrogen and oxygen atoms in total. The van der Waals surface area contributed by atoms with Gasteiger partial charge in [0.2, 0.25) is 0 Å². The molecule has 1 aromatic heterocycles. The van der Waals surface area contributed by atoms with Crippen LogP contribution in [0.3, 0.4) is 0 Å². The summed E-state index contributed by atoms with van der Waals surface area (Å²) >= 11 is 4.75. The molecule has 0 saturated carbocycles. The Morgan fingerprint density at radius 1 is 0.909 bits per heavy atom. The number of hydrogen-bond acceptors (Lipinski definition) is 3. The van der Waals surface area contributed by atoms with E-state index >= 15 is 0 Å². The highest BCUT2D eigenvalue weighted by Gasteiger charge is 2.21. The first-order valence-corrected chi connectivity index (χ1v) is 8.47. The maximum atomic E-state index is 12.4. The largest absolute Gasteiger partial charge is 0.448 e. The Kier molecular flexibility index (Phi) is 4.71. The fraction of sp³-hybridized carbons (Fsp3) is 0.0556. The van der Waals surface area contributed by atoms with Crippen molar-refractivity contribution in [3.05, 3.63) is 92.6 Å².